The molecule has 1 aliphatic heterocycles. The first-order valence-corrected chi connectivity index (χ1v) is 10.6. The van der Waals surface area contributed by atoms with E-state index in [1.807, 2.05) is 30.3 Å². The Morgan fingerprint density at radius 3 is 2.30 bits per heavy atom. The largest absolute Gasteiger partial charge is 0.486 e. The van der Waals surface area contributed by atoms with Crippen LogP contribution in [-0.4, -0.2) is 55.3 Å². The highest BCUT2D eigenvalue weighted by Crippen LogP contribution is 2.32. The molecule has 0 unspecified atom stereocenters. The Morgan fingerprint density at radius 1 is 0.967 bits per heavy atom. The molecular weight excluding hydrogens is 400 g/mol. The standard InChI is InChI=1S/C22H28N4O3S/c1-3-26(4-2)12-11-23-21(27)16-5-7-17(8-6-16)24-22(30)25-18-9-10-19-20(15-18)29-14-13-28-19/h5-10,15H,3-4,11-14H2,1-2H3,(H,23,27)(H2,24,25,30). The SMILES string of the molecule is CCN(CC)CCNC(=O)c1ccc(NC(=S)Nc2ccc3c(c2)OCCO3)cc1. The van der Waals surface area contributed by atoms with Crippen molar-refractivity contribution in [3.63, 3.8) is 0 Å². The summed E-state index contributed by atoms with van der Waals surface area (Å²) in [6.07, 6.45) is 0. The van der Waals surface area contributed by atoms with Crippen LogP contribution in [0.1, 0.15) is 24.2 Å². The van der Waals surface area contributed by atoms with E-state index in [2.05, 4.69) is 34.7 Å². The van der Waals surface area contributed by atoms with Crippen LogP contribution in [0.5, 0.6) is 11.5 Å². The number of hydrogen-bond acceptors (Lipinski definition) is 5. The molecule has 0 aromatic heterocycles. The van der Waals surface area contributed by atoms with Crippen LogP contribution in [0.2, 0.25) is 0 Å². The lowest BCUT2D eigenvalue weighted by Crippen LogP contribution is -2.34. The number of likely N-dealkylation sites (N-methyl/N-ethyl adjacent to an activating group) is 1. The van der Waals surface area contributed by atoms with Gasteiger partial charge in [-0.1, -0.05) is 13.8 Å². The second-order valence-corrected chi connectivity index (χ2v) is 7.21. The molecule has 7 nitrogen and oxygen atoms in total. The third kappa shape index (κ3) is 6.08. The molecule has 8 heteroatoms. The third-order valence-corrected chi connectivity index (χ3v) is 5.02. The quantitative estimate of drug-likeness (QED) is 0.557. The van der Waals surface area contributed by atoms with Crippen LogP contribution in [0.25, 0.3) is 0 Å². The summed E-state index contributed by atoms with van der Waals surface area (Å²) >= 11 is 5.38. The molecule has 0 saturated carbocycles. The van der Waals surface area contributed by atoms with Crippen molar-refractivity contribution in [2.75, 3.05) is 50.0 Å². The van der Waals surface area contributed by atoms with Gasteiger partial charge in [-0.15, -0.1) is 0 Å². The van der Waals surface area contributed by atoms with Gasteiger partial charge in [-0.2, -0.15) is 0 Å². The van der Waals surface area contributed by atoms with Crippen molar-refractivity contribution in [2.45, 2.75) is 13.8 Å². The normalized spacial score (nSPS) is 12.4. The van der Waals surface area contributed by atoms with E-state index in [0.29, 0.717) is 36.2 Å². The van der Waals surface area contributed by atoms with E-state index in [1.54, 1.807) is 12.1 Å². The summed E-state index contributed by atoms with van der Waals surface area (Å²) in [5, 5.41) is 9.65. The van der Waals surface area contributed by atoms with Gasteiger partial charge in [0.2, 0.25) is 0 Å². The molecule has 30 heavy (non-hydrogen) atoms. The number of nitrogens with zero attached hydrogens (tertiary/aromatic N) is 1. The Hall–Kier alpha value is -2.84. The maximum Gasteiger partial charge on any atom is 0.251 e. The summed E-state index contributed by atoms with van der Waals surface area (Å²) in [6, 6.07) is 12.8. The Morgan fingerprint density at radius 2 is 1.60 bits per heavy atom. The number of ether oxygens (including phenoxy) is 2. The fourth-order valence-electron chi connectivity index (χ4n) is 3.09. The van der Waals surface area contributed by atoms with Crippen molar-refractivity contribution in [3.05, 3.63) is 48.0 Å². The molecule has 1 heterocycles. The molecule has 3 rings (SSSR count). The Kier molecular flexibility index (Phi) is 7.87. The number of thiocarbonyl (C=S) groups is 1. The van der Waals surface area contributed by atoms with Gasteiger partial charge in [0.1, 0.15) is 13.2 Å². The van der Waals surface area contributed by atoms with Crippen LogP contribution in [0.4, 0.5) is 11.4 Å². The number of nitrogens with one attached hydrogen (secondary N) is 3. The molecule has 2 aromatic carbocycles. The van der Waals surface area contributed by atoms with Crippen LogP contribution in [0.15, 0.2) is 42.5 Å². The zero-order chi connectivity index (χ0) is 21.3. The number of carbonyl (C=O) groups is 1. The van der Waals surface area contributed by atoms with E-state index in [9.17, 15) is 4.79 Å². The van der Waals surface area contributed by atoms with Gasteiger partial charge < -0.3 is 30.3 Å². The lowest BCUT2D eigenvalue weighted by Gasteiger charge is -2.19. The molecule has 0 atom stereocenters. The average molecular weight is 429 g/mol. The predicted molar refractivity (Wildman–Crippen MR) is 124 cm³/mol. The molecule has 2 aromatic rings. The first-order chi connectivity index (χ1) is 14.6. The first kappa shape index (κ1) is 21.9. The Balaban J connectivity index is 1.49. The highest BCUT2D eigenvalue weighted by atomic mass is 32.1. The van der Waals surface area contributed by atoms with Crippen LogP contribution < -0.4 is 25.4 Å². The lowest BCUT2D eigenvalue weighted by atomic mass is 10.2. The number of amides is 1. The van der Waals surface area contributed by atoms with E-state index in [1.165, 1.54) is 0 Å². The average Bonchev–Trinajstić information content (AvgIpc) is 2.77. The van der Waals surface area contributed by atoms with Crippen LogP contribution in [-0.2, 0) is 0 Å². The minimum Gasteiger partial charge on any atom is -0.486 e. The van der Waals surface area contributed by atoms with Crippen molar-refractivity contribution in [3.8, 4) is 11.5 Å². The van der Waals surface area contributed by atoms with Gasteiger partial charge in [-0.3, -0.25) is 4.79 Å². The van der Waals surface area contributed by atoms with Crippen LogP contribution >= 0.6 is 12.2 Å². The number of benzene rings is 2. The molecule has 0 bridgehead atoms. The second kappa shape index (κ2) is 10.8. The number of fused-ring (bicyclic) bond motifs is 1. The molecular formula is C22H28N4O3S. The fraction of sp³-hybridized carbons (Fsp3) is 0.364. The molecule has 1 aliphatic rings. The van der Waals surface area contributed by atoms with Gasteiger partial charge in [-0.05, 0) is 61.7 Å². The third-order valence-electron chi connectivity index (χ3n) is 4.81. The van der Waals surface area contributed by atoms with Crippen LogP contribution in [0.3, 0.4) is 0 Å². The summed E-state index contributed by atoms with van der Waals surface area (Å²) in [4.78, 5) is 14.6. The minimum atomic E-state index is -0.0781. The number of hydrogen-bond donors (Lipinski definition) is 3. The van der Waals surface area contributed by atoms with Gasteiger partial charge in [0.15, 0.2) is 16.6 Å². The minimum absolute atomic E-state index is 0.0781. The second-order valence-electron chi connectivity index (χ2n) is 6.80. The van der Waals surface area contributed by atoms with E-state index >= 15 is 0 Å². The van der Waals surface area contributed by atoms with Gasteiger partial charge in [0, 0.05) is 36.1 Å². The maximum atomic E-state index is 12.3. The smallest absolute Gasteiger partial charge is 0.251 e. The molecule has 0 fully saturated rings. The zero-order valence-corrected chi connectivity index (χ0v) is 18.2. The molecule has 0 saturated heterocycles. The summed E-state index contributed by atoms with van der Waals surface area (Å²) in [5.74, 6) is 1.35. The van der Waals surface area contributed by atoms with Crippen molar-refractivity contribution in [2.24, 2.45) is 0 Å². The molecule has 0 aliphatic carbocycles. The summed E-state index contributed by atoms with van der Waals surface area (Å²) < 4.78 is 11.1. The van der Waals surface area contributed by atoms with Crippen molar-refractivity contribution in [1.82, 2.24) is 10.2 Å². The van der Waals surface area contributed by atoms with E-state index < -0.39 is 0 Å². The molecule has 0 radical (unpaired) electrons. The van der Waals surface area contributed by atoms with Crippen molar-refractivity contribution >= 4 is 34.6 Å². The molecule has 3 N–H and O–H groups in total. The summed E-state index contributed by atoms with van der Waals surface area (Å²) in [6.45, 7) is 8.76. The molecule has 1 amide bonds. The Bertz CT molecular complexity index is 869. The predicted octanol–water partition coefficient (Wildman–Crippen LogP) is 3.34. The zero-order valence-electron chi connectivity index (χ0n) is 17.4. The van der Waals surface area contributed by atoms with Gasteiger partial charge in [-0.25, -0.2) is 0 Å². The number of rotatable bonds is 8. The fourth-order valence-corrected chi connectivity index (χ4v) is 3.32. The van der Waals surface area contributed by atoms with Gasteiger partial charge >= 0.3 is 0 Å². The topological polar surface area (TPSA) is 74.9 Å². The van der Waals surface area contributed by atoms with Gasteiger partial charge in [0.25, 0.3) is 5.91 Å². The first-order valence-electron chi connectivity index (χ1n) is 10.2. The maximum absolute atomic E-state index is 12.3. The molecule has 160 valence electrons. The highest BCUT2D eigenvalue weighted by Gasteiger charge is 2.12. The highest BCUT2D eigenvalue weighted by molar-refractivity contribution is 7.80. The van der Waals surface area contributed by atoms with E-state index in [0.717, 1.165) is 36.8 Å². The molecule has 0 spiro atoms. The summed E-state index contributed by atoms with van der Waals surface area (Å²) in [5.41, 5.74) is 2.22. The van der Waals surface area contributed by atoms with Crippen LogP contribution in [0, 0.1) is 0 Å². The van der Waals surface area contributed by atoms with Gasteiger partial charge in [0.05, 0.1) is 0 Å². The number of carbonyl (C=O) groups excluding carboxylic acids is 1. The monoisotopic (exact) mass is 428 g/mol. The number of anilines is 2. The lowest BCUT2D eigenvalue weighted by molar-refractivity contribution is 0.0949. The Labute approximate surface area is 182 Å². The summed E-state index contributed by atoms with van der Waals surface area (Å²) in [7, 11) is 0. The van der Waals surface area contributed by atoms with E-state index in [-0.39, 0.29) is 5.91 Å². The van der Waals surface area contributed by atoms with E-state index in [4.69, 9.17) is 21.7 Å². The van der Waals surface area contributed by atoms with Crippen molar-refractivity contribution < 1.29 is 14.3 Å². The van der Waals surface area contributed by atoms with Crippen molar-refractivity contribution in [1.29, 1.82) is 0 Å².